The van der Waals surface area contributed by atoms with Crippen molar-refractivity contribution in [3.8, 4) is 11.5 Å². The highest BCUT2D eigenvalue weighted by Gasteiger charge is 2.05. The molecule has 4 heteroatoms. The summed E-state index contributed by atoms with van der Waals surface area (Å²) in [7, 11) is 1.66. The van der Waals surface area contributed by atoms with Crippen molar-refractivity contribution in [1.82, 2.24) is 0 Å². The van der Waals surface area contributed by atoms with E-state index in [9.17, 15) is 4.79 Å². The Morgan fingerprint density at radius 1 is 1.13 bits per heavy atom. The number of benzene rings is 2. The average molecular weight is 313 g/mol. The molecule has 0 heterocycles. The number of ether oxygens (including phenoxy) is 2. The molecule has 2 aromatic carbocycles. The molecule has 0 aliphatic heterocycles. The number of rotatable bonds is 7. The van der Waals surface area contributed by atoms with E-state index in [1.165, 1.54) is 0 Å². The highest BCUT2D eigenvalue weighted by Crippen LogP contribution is 2.20. The summed E-state index contributed by atoms with van der Waals surface area (Å²) in [5.41, 5.74) is 2.99. The fourth-order valence-electron chi connectivity index (χ4n) is 2.38. The zero-order valence-corrected chi connectivity index (χ0v) is 13.9. The van der Waals surface area contributed by atoms with E-state index < -0.39 is 0 Å². The van der Waals surface area contributed by atoms with Crippen LogP contribution >= 0.6 is 0 Å². The number of methoxy groups -OCH3 is 1. The second-order valence-electron chi connectivity index (χ2n) is 5.31. The third-order valence-electron chi connectivity index (χ3n) is 3.55. The van der Waals surface area contributed by atoms with Crippen LogP contribution in [0.2, 0.25) is 0 Å². The molecule has 1 amide bonds. The molecule has 0 spiro atoms. The Bertz CT molecular complexity index is 650. The van der Waals surface area contributed by atoms with Crippen LogP contribution in [-0.2, 0) is 11.2 Å². The van der Waals surface area contributed by atoms with Crippen LogP contribution in [0.5, 0.6) is 11.5 Å². The molecule has 0 saturated carbocycles. The topological polar surface area (TPSA) is 47.6 Å². The number of hydrogen-bond donors (Lipinski definition) is 1. The van der Waals surface area contributed by atoms with Crippen LogP contribution in [0, 0.1) is 6.92 Å². The number of aryl methyl sites for hydroxylation is 2. The van der Waals surface area contributed by atoms with Crippen LogP contribution in [0.25, 0.3) is 0 Å². The zero-order valence-electron chi connectivity index (χ0n) is 13.9. The van der Waals surface area contributed by atoms with E-state index >= 15 is 0 Å². The number of amides is 1. The van der Waals surface area contributed by atoms with Crippen molar-refractivity contribution in [3.63, 3.8) is 0 Å². The molecule has 0 aliphatic rings. The molecule has 23 heavy (non-hydrogen) atoms. The predicted octanol–water partition coefficient (Wildman–Crippen LogP) is 3.97. The van der Waals surface area contributed by atoms with Gasteiger partial charge in [0.05, 0.1) is 13.7 Å². The van der Waals surface area contributed by atoms with Crippen molar-refractivity contribution in [3.05, 3.63) is 53.6 Å². The Balaban J connectivity index is 1.86. The van der Waals surface area contributed by atoms with Crippen molar-refractivity contribution in [2.24, 2.45) is 0 Å². The minimum Gasteiger partial charge on any atom is -0.496 e. The maximum Gasteiger partial charge on any atom is 0.224 e. The Labute approximate surface area is 137 Å². The van der Waals surface area contributed by atoms with Gasteiger partial charge in [0.15, 0.2) is 0 Å². The van der Waals surface area contributed by atoms with Crippen LogP contribution < -0.4 is 14.8 Å². The Hall–Kier alpha value is -2.49. The fraction of sp³-hybridized carbons (Fsp3) is 0.316. The van der Waals surface area contributed by atoms with Gasteiger partial charge in [-0.15, -0.1) is 0 Å². The van der Waals surface area contributed by atoms with Gasteiger partial charge in [0.25, 0.3) is 0 Å². The zero-order chi connectivity index (χ0) is 16.7. The second kappa shape index (κ2) is 8.22. The average Bonchev–Trinajstić information content (AvgIpc) is 2.55. The first kappa shape index (κ1) is 16.9. The maximum absolute atomic E-state index is 12.0. The molecule has 2 aromatic rings. The number of carbonyl (C=O) groups is 1. The first-order valence-corrected chi connectivity index (χ1v) is 7.78. The van der Waals surface area contributed by atoms with E-state index in [1.807, 2.05) is 50.2 Å². The monoisotopic (exact) mass is 313 g/mol. The first-order valence-electron chi connectivity index (χ1n) is 7.78. The van der Waals surface area contributed by atoms with Gasteiger partial charge < -0.3 is 14.8 Å². The molecule has 0 fully saturated rings. The van der Waals surface area contributed by atoms with Crippen LogP contribution in [0.3, 0.4) is 0 Å². The summed E-state index contributed by atoms with van der Waals surface area (Å²) in [6, 6.07) is 13.4. The van der Waals surface area contributed by atoms with E-state index in [2.05, 4.69) is 11.4 Å². The molecular formula is C19H23NO3. The molecule has 0 bridgehead atoms. The first-order chi connectivity index (χ1) is 11.1. The highest BCUT2D eigenvalue weighted by molar-refractivity contribution is 5.90. The summed E-state index contributed by atoms with van der Waals surface area (Å²) in [5, 5.41) is 2.90. The van der Waals surface area contributed by atoms with E-state index in [0.717, 1.165) is 28.3 Å². The normalized spacial score (nSPS) is 10.2. The quantitative estimate of drug-likeness (QED) is 0.841. The molecule has 122 valence electrons. The van der Waals surface area contributed by atoms with Gasteiger partial charge in [-0.3, -0.25) is 4.79 Å². The number of carbonyl (C=O) groups excluding carboxylic acids is 1. The molecule has 0 saturated heterocycles. The summed E-state index contributed by atoms with van der Waals surface area (Å²) >= 11 is 0. The number of hydrogen-bond acceptors (Lipinski definition) is 3. The van der Waals surface area contributed by atoms with Gasteiger partial charge in [0.1, 0.15) is 11.5 Å². The molecule has 4 nitrogen and oxygen atoms in total. The van der Waals surface area contributed by atoms with E-state index in [0.29, 0.717) is 19.4 Å². The van der Waals surface area contributed by atoms with Crippen LogP contribution in [0.15, 0.2) is 42.5 Å². The van der Waals surface area contributed by atoms with Crippen molar-refractivity contribution in [2.45, 2.75) is 26.7 Å². The summed E-state index contributed by atoms with van der Waals surface area (Å²) in [4.78, 5) is 12.0. The largest absolute Gasteiger partial charge is 0.496 e. The number of nitrogens with one attached hydrogen (secondary N) is 1. The lowest BCUT2D eigenvalue weighted by molar-refractivity contribution is -0.116. The Kier molecular flexibility index (Phi) is 6.03. The van der Waals surface area contributed by atoms with Crippen LogP contribution in [-0.4, -0.2) is 19.6 Å². The Morgan fingerprint density at radius 3 is 2.48 bits per heavy atom. The molecule has 0 aromatic heterocycles. The van der Waals surface area contributed by atoms with Crippen molar-refractivity contribution >= 4 is 11.6 Å². The van der Waals surface area contributed by atoms with Crippen molar-refractivity contribution in [2.75, 3.05) is 19.0 Å². The standard InChI is InChI=1S/C19H23NO3/c1-4-23-17-9-7-16(8-10-17)20-19(21)12-6-15-5-11-18(22-3)14(2)13-15/h5,7-11,13H,4,6,12H2,1-3H3,(H,20,21). The summed E-state index contributed by atoms with van der Waals surface area (Å²) in [6.07, 6.45) is 1.15. The van der Waals surface area contributed by atoms with E-state index in [1.54, 1.807) is 7.11 Å². The van der Waals surface area contributed by atoms with Gasteiger partial charge >= 0.3 is 0 Å². The van der Waals surface area contributed by atoms with Crippen LogP contribution in [0.1, 0.15) is 24.5 Å². The fourth-order valence-corrected chi connectivity index (χ4v) is 2.38. The van der Waals surface area contributed by atoms with Crippen LogP contribution in [0.4, 0.5) is 5.69 Å². The van der Waals surface area contributed by atoms with Gasteiger partial charge in [-0.25, -0.2) is 0 Å². The summed E-state index contributed by atoms with van der Waals surface area (Å²) in [5.74, 6) is 1.68. The third-order valence-corrected chi connectivity index (χ3v) is 3.55. The molecule has 0 atom stereocenters. The smallest absolute Gasteiger partial charge is 0.224 e. The molecule has 2 rings (SSSR count). The summed E-state index contributed by atoms with van der Waals surface area (Å²) < 4.78 is 10.6. The highest BCUT2D eigenvalue weighted by atomic mass is 16.5. The van der Waals surface area contributed by atoms with E-state index in [4.69, 9.17) is 9.47 Å². The van der Waals surface area contributed by atoms with Gasteiger partial charge in [0.2, 0.25) is 5.91 Å². The lowest BCUT2D eigenvalue weighted by atomic mass is 10.1. The Morgan fingerprint density at radius 2 is 1.87 bits per heavy atom. The second-order valence-corrected chi connectivity index (χ2v) is 5.31. The van der Waals surface area contributed by atoms with Crippen molar-refractivity contribution in [1.29, 1.82) is 0 Å². The maximum atomic E-state index is 12.0. The lowest BCUT2D eigenvalue weighted by Gasteiger charge is -2.09. The van der Waals surface area contributed by atoms with Crippen molar-refractivity contribution < 1.29 is 14.3 Å². The van der Waals surface area contributed by atoms with E-state index in [-0.39, 0.29) is 5.91 Å². The van der Waals surface area contributed by atoms with Gasteiger partial charge in [-0.1, -0.05) is 12.1 Å². The SMILES string of the molecule is CCOc1ccc(NC(=O)CCc2ccc(OC)c(C)c2)cc1. The van der Waals surface area contributed by atoms with Gasteiger partial charge in [0, 0.05) is 12.1 Å². The van der Waals surface area contributed by atoms with Gasteiger partial charge in [-0.2, -0.15) is 0 Å². The predicted molar refractivity (Wildman–Crippen MR) is 92.3 cm³/mol. The minimum atomic E-state index is 0.00244. The molecule has 0 unspecified atom stereocenters. The molecule has 0 radical (unpaired) electrons. The summed E-state index contributed by atoms with van der Waals surface area (Å²) in [6.45, 7) is 4.58. The molecule has 0 aliphatic carbocycles. The number of anilines is 1. The lowest BCUT2D eigenvalue weighted by Crippen LogP contribution is -2.12. The molecule has 1 N–H and O–H groups in total. The minimum absolute atomic E-state index is 0.00244. The van der Waals surface area contributed by atoms with Gasteiger partial charge in [-0.05, 0) is 61.7 Å². The third kappa shape index (κ3) is 5.02. The molecular weight excluding hydrogens is 290 g/mol.